The first-order valence-electron chi connectivity index (χ1n) is 2.40. The summed E-state index contributed by atoms with van der Waals surface area (Å²) in [5.74, 6) is 0. The summed E-state index contributed by atoms with van der Waals surface area (Å²) in [6, 6.07) is 0. The normalized spacial score (nSPS) is 10.9. The molecule has 0 spiro atoms. The van der Waals surface area contributed by atoms with E-state index >= 15 is 0 Å². The number of nitrogens with one attached hydrogen (secondary N) is 1. The quantitative estimate of drug-likeness (QED) is 0.401. The van der Waals surface area contributed by atoms with Crippen LogP contribution in [0.25, 0.3) is 0 Å². The summed E-state index contributed by atoms with van der Waals surface area (Å²) >= 11 is 0. The average molecular weight is 113 g/mol. The summed E-state index contributed by atoms with van der Waals surface area (Å²) in [5.41, 5.74) is 8.76. The largest absolute Gasteiger partial charge is 0.401 e. The fraction of sp³-hybridized carbons (Fsp3) is 0.400. The third kappa shape index (κ3) is 3.21. The highest BCUT2D eigenvalue weighted by molar-refractivity contribution is 5.22. The molecule has 3 heteroatoms. The highest BCUT2D eigenvalue weighted by Crippen LogP contribution is 1.76. The summed E-state index contributed by atoms with van der Waals surface area (Å²) in [6.45, 7) is 5.68. The zero-order chi connectivity index (χ0) is 6.41. The second kappa shape index (κ2) is 4.18. The molecule has 0 aliphatic heterocycles. The molecule has 0 aromatic rings. The number of allylic oxidation sites excluding steroid dienone is 1. The Bertz CT molecular complexity index is 95.8. The van der Waals surface area contributed by atoms with Crippen LogP contribution in [0.3, 0.4) is 0 Å². The maximum atomic E-state index is 5.37. The molecule has 3 N–H and O–H groups in total. The molecule has 0 rings (SSSR count). The van der Waals surface area contributed by atoms with Crippen molar-refractivity contribution in [3.8, 4) is 0 Å². The summed E-state index contributed by atoms with van der Waals surface area (Å²) in [5, 5.41) is 3.40. The molecule has 46 valence electrons. The van der Waals surface area contributed by atoms with Crippen LogP contribution in [-0.2, 0) is 0 Å². The Hall–Kier alpha value is -0.990. The van der Waals surface area contributed by atoms with Gasteiger partial charge in [-0.2, -0.15) is 5.10 Å². The van der Waals surface area contributed by atoms with Gasteiger partial charge in [-0.1, -0.05) is 6.08 Å². The lowest BCUT2D eigenvalue weighted by molar-refractivity contribution is 0.798. The summed E-state index contributed by atoms with van der Waals surface area (Å²) in [4.78, 5) is 0. The maximum Gasteiger partial charge on any atom is 0.0721 e. The Morgan fingerprint density at radius 2 is 2.62 bits per heavy atom. The molecule has 0 bridgehead atoms. The summed E-state index contributed by atoms with van der Waals surface area (Å²) in [6.07, 6.45) is 1.82. The topological polar surface area (TPSA) is 50.4 Å². The number of hydrazone groups is 1. The van der Waals surface area contributed by atoms with Gasteiger partial charge < -0.3 is 11.2 Å². The Morgan fingerprint density at radius 3 is 3.00 bits per heavy atom. The second-order valence-corrected chi connectivity index (χ2v) is 1.36. The van der Waals surface area contributed by atoms with Crippen molar-refractivity contribution in [3.05, 3.63) is 11.8 Å². The number of hydrogen-bond acceptors (Lipinski definition) is 3. The Kier molecular flexibility index (Phi) is 3.66. The lowest BCUT2D eigenvalue weighted by Gasteiger charge is -1.96. The molecule has 0 amide bonds. The highest BCUT2D eigenvalue weighted by atomic mass is 15.3. The van der Waals surface area contributed by atoms with Crippen molar-refractivity contribution in [1.29, 1.82) is 0 Å². The highest BCUT2D eigenvalue weighted by Gasteiger charge is 1.80. The van der Waals surface area contributed by atoms with Gasteiger partial charge in [-0.05, 0) is 6.92 Å². The van der Waals surface area contributed by atoms with Gasteiger partial charge in [0.05, 0.1) is 6.54 Å². The number of rotatable bonds is 3. The van der Waals surface area contributed by atoms with E-state index in [9.17, 15) is 0 Å². The molecule has 0 aliphatic carbocycles. The van der Waals surface area contributed by atoms with Crippen LogP contribution in [0.1, 0.15) is 6.92 Å². The number of hydrogen-bond donors (Lipinski definition) is 2. The molecular weight excluding hydrogens is 102 g/mol. The lowest BCUT2D eigenvalue weighted by atomic mass is 10.4. The average Bonchev–Trinajstić information content (AvgIpc) is 1.83. The Balaban J connectivity index is 3.24. The number of nitrogens with zero attached hydrogens (tertiary/aromatic N) is 1. The van der Waals surface area contributed by atoms with Crippen molar-refractivity contribution in [1.82, 2.24) is 5.43 Å². The molecule has 0 aromatic heterocycles. The maximum absolute atomic E-state index is 5.37. The molecular formula is C5H11N3. The van der Waals surface area contributed by atoms with Crippen molar-refractivity contribution < 1.29 is 0 Å². The van der Waals surface area contributed by atoms with E-state index in [0.717, 1.165) is 5.70 Å². The lowest BCUT2D eigenvalue weighted by Crippen LogP contribution is -2.14. The minimum atomic E-state index is 0.583. The molecule has 0 saturated heterocycles. The molecule has 0 aliphatic rings. The van der Waals surface area contributed by atoms with Gasteiger partial charge in [-0.3, -0.25) is 0 Å². The molecule has 0 aromatic carbocycles. The van der Waals surface area contributed by atoms with Crippen LogP contribution in [0.4, 0.5) is 0 Å². The van der Waals surface area contributed by atoms with E-state index in [1.54, 1.807) is 0 Å². The third-order valence-corrected chi connectivity index (χ3v) is 0.766. The van der Waals surface area contributed by atoms with Crippen LogP contribution < -0.4 is 11.2 Å². The fourth-order valence-corrected chi connectivity index (χ4v) is 0.249. The predicted octanol–water partition coefficient (Wildman–Crippen LogP) is 0.0541. The van der Waals surface area contributed by atoms with E-state index in [1.165, 1.54) is 0 Å². The second-order valence-electron chi connectivity index (χ2n) is 1.36. The van der Waals surface area contributed by atoms with Gasteiger partial charge in [-0.25, -0.2) is 0 Å². The predicted molar refractivity (Wildman–Crippen MR) is 35.5 cm³/mol. The first-order valence-corrected chi connectivity index (χ1v) is 2.40. The third-order valence-electron chi connectivity index (χ3n) is 0.766. The van der Waals surface area contributed by atoms with Crippen molar-refractivity contribution in [3.63, 3.8) is 0 Å². The summed E-state index contributed by atoms with van der Waals surface area (Å²) < 4.78 is 0. The molecule has 0 unspecified atom stereocenters. The van der Waals surface area contributed by atoms with Crippen LogP contribution in [0.15, 0.2) is 16.9 Å². The van der Waals surface area contributed by atoms with Gasteiger partial charge in [0.15, 0.2) is 0 Å². The van der Waals surface area contributed by atoms with Crippen molar-refractivity contribution in [2.45, 2.75) is 6.92 Å². The van der Waals surface area contributed by atoms with E-state index in [2.05, 4.69) is 17.2 Å². The Morgan fingerprint density at radius 1 is 2.00 bits per heavy atom. The monoisotopic (exact) mass is 113 g/mol. The summed E-state index contributed by atoms with van der Waals surface area (Å²) in [7, 11) is 0. The van der Waals surface area contributed by atoms with Gasteiger partial charge in [0.2, 0.25) is 0 Å². The van der Waals surface area contributed by atoms with Crippen molar-refractivity contribution in [2.75, 3.05) is 6.54 Å². The van der Waals surface area contributed by atoms with Gasteiger partial charge >= 0.3 is 0 Å². The molecule has 0 saturated carbocycles. The van der Waals surface area contributed by atoms with Gasteiger partial charge in [0.1, 0.15) is 0 Å². The smallest absolute Gasteiger partial charge is 0.0721 e. The van der Waals surface area contributed by atoms with E-state index < -0.39 is 0 Å². The van der Waals surface area contributed by atoms with E-state index in [1.807, 2.05) is 13.0 Å². The molecule has 0 radical (unpaired) electrons. The fourth-order valence-electron chi connectivity index (χ4n) is 0.249. The number of nitrogens with two attached hydrogens (primary N) is 1. The minimum Gasteiger partial charge on any atom is -0.401 e. The van der Waals surface area contributed by atoms with Gasteiger partial charge in [-0.15, -0.1) is 0 Å². The van der Waals surface area contributed by atoms with Crippen LogP contribution >= 0.6 is 0 Å². The molecule has 0 fully saturated rings. The van der Waals surface area contributed by atoms with Crippen molar-refractivity contribution >= 4 is 6.72 Å². The van der Waals surface area contributed by atoms with Crippen LogP contribution in [0.5, 0.6) is 0 Å². The van der Waals surface area contributed by atoms with E-state index in [-0.39, 0.29) is 0 Å². The first kappa shape index (κ1) is 7.01. The Labute approximate surface area is 49.3 Å². The van der Waals surface area contributed by atoms with Crippen LogP contribution in [0.2, 0.25) is 0 Å². The zero-order valence-corrected chi connectivity index (χ0v) is 5.02. The van der Waals surface area contributed by atoms with Crippen molar-refractivity contribution in [2.24, 2.45) is 10.8 Å². The molecule has 0 atom stereocenters. The van der Waals surface area contributed by atoms with Gasteiger partial charge in [0.25, 0.3) is 0 Å². The molecule has 0 heterocycles. The van der Waals surface area contributed by atoms with Gasteiger partial charge in [0, 0.05) is 12.4 Å². The van der Waals surface area contributed by atoms with Crippen LogP contribution in [0, 0.1) is 0 Å². The minimum absolute atomic E-state index is 0.583. The zero-order valence-electron chi connectivity index (χ0n) is 5.02. The molecule has 8 heavy (non-hydrogen) atoms. The van der Waals surface area contributed by atoms with Crippen LogP contribution in [-0.4, -0.2) is 13.3 Å². The van der Waals surface area contributed by atoms with E-state index in [0.29, 0.717) is 6.54 Å². The molecule has 3 nitrogen and oxygen atoms in total. The standard InChI is InChI=1S/C5H11N3/c1-3-5(6)4-8-7-2/h3,8H,2,4,6H2,1H3/b5-3-. The first-order chi connectivity index (χ1) is 3.81. The SMILES string of the molecule is C=NNC/C(N)=C/C. The van der Waals surface area contributed by atoms with E-state index in [4.69, 9.17) is 5.73 Å².